The van der Waals surface area contributed by atoms with E-state index in [4.69, 9.17) is 4.74 Å². The first-order chi connectivity index (χ1) is 8.29. The minimum Gasteiger partial charge on any atom is -0.486 e. The zero-order chi connectivity index (χ0) is 12.7. The van der Waals surface area contributed by atoms with Crippen LogP contribution in [0.3, 0.4) is 0 Å². The highest BCUT2D eigenvalue weighted by atomic mass is 16.5. The summed E-state index contributed by atoms with van der Waals surface area (Å²) in [6.45, 7) is 5.74. The molecule has 5 heteroatoms. The van der Waals surface area contributed by atoms with Crippen LogP contribution in [-0.2, 0) is 0 Å². The Bertz CT molecular complexity index is 347. The van der Waals surface area contributed by atoms with Gasteiger partial charge in [0.2, 0.25) is 0 Å². The Kier molecular flexibility index (Phi) is 5.42. The van der Waals surface area contributed by atoms with Crippen molar-refractivity contribution in [1.82, 2.24) is 15.6 Å². The van der Waals surface area contributed by atoms with E-state index < -0.39 is 0 Å². The van der Waals surface area contributed by atoms with Gasteiger partial charge < -0.3 is 15.4 Å². The van der Waals surface area contributed by atoms with Crippen molar-refractivity contribution < 1.29 is 9.53 Å². The van der Waals surface area contributed by atoms with Gasteiger partial charge >= 0.3 is 0 Å². The summed E-state index contributed by atoms with van der Waals surface area (Å²) in [5.41, 5.74) is 0.400. The highest BCUT2D eigenvalue weighted by Crippen LogP contribution is 2.12. The minimum atomic E-state index is -0.188. The molecule has 94 valence electrons. The van der Waals surface area contributed by atoms with Crippen LogP contribution in [0.5, 0.6) is 5.75 Å². The normalized spacial score (nSPS) is 14.1. The van der Waals surface area contributed by atoms with Crippen molar-refractivity contribution in [2.24, 2.45) is 0 Å². The molecular formula is C12H19N3O2. The average Bonchev–Trinajstić information content (AvgIpc) is 2.36. The highest BCUT2D eigenvalue weighted by Gasteiger charge is 2.18. The molecule has 0 aromatic carbocycles. The van der Waals surface area contributed by atoms with Crippen LogP contribution in [0.1, 0.15) is 24.3 Å². The van der Waals surface area contributed by atoms with Gasteiger partial charge in [0.05, 0.1) is 6.20 Å². The van der Waals surface area contributed by atoms with Crippen LogP contribution in [0.2, 0.25) is 0 Å². The molecule has 0 aliphatic carbocycles. The number of carbonyl (C=O) groups excluding carboxylic acids is 1. The third-order valence-corrected chi connectivity index (χ3v) is 2.24. The highest BCUT2D eigenvalue weighted by molar-refractivity contribution is 5.91. The summed E-state index contributed by atoms with van der Waals surface area (Å²) in [5, 5.41) is 5.62. The zero-order valence-electron chi connectivity index (χ0n) is 10.5. The standard InChI is InChI=1S/C10H13N3O2.C2H6/c1-11-10(14)9-3-2-7(6-13-9)15-8-4-12-5-8;1-2/h2-3,6,8,12H,4-5H2,1H3,(H,11,14);1-2H3. The summed E-state index contributed by atoms with van der Waals surface area (Å²) in [4.78, 5) is 15.2. The number of hydrogen-bond acceptors (Lipinski definition) is 4. The number of amides is 1. The van der Waals surface area contributed by atoms with E-state index in [1.807, 2.05) is 13.8 Å². The average molecular weight is 237 g/mol. The summed E-state index contributed by atoms with van der Waals surface area (Å²) in [5.74, 6) is 0.515. The van der Waals surface area contributed by atoms with Crippen molar-refractivity contribution in [3.05, 3.63) is 24.0 Å². The van der Waals surface area contributed by atoms with E-state index in [-0.39, 0.29) is 12.0 Å². The summed E-state index contributed by atoms with van der Waals surface area (Å²) in [6, 6.07) is 3.41. The van der Waals surface area contributed by atoms with Crippen LogP contribution in [0, 0.1) is 0 Å². The summed E-state index contributed by atoms with van der Waals surface area (Å²) < 4.78 is 5.56. The molecule has 1 aliphatic rings. The summed E-state index contributed by atoms with van der Waals surface area (Å²) in [6.07, 6.45) is 1.81. The van der Waals surface area contributed by atoms with Gasteiger partial charge in [0.25, 0.3) is 5.91 Å². The Labute approximate surface area is 102 Å². The Hall–Kier alpha value is -1.62. The van der Waals surface area contributed by atoms with Gasteiger partial charge in [-0.3, -0.25) is 4.79 Å². The van der Waals surface area contributed by atoms with E-state index in [0.717, 1.165) is 13.1 Å². The Morgan fingerprint density at radius 3 is 2.59 bits per heavy atom. The molecule has 2 heterocycles. The van der Waals surface area contributed by atoms with Gasteiger partial charge in [0, 0.05) is 20.1 Å². The first-order valence-electron chi connectivity index (χ1n) is 5.85. The fourth-order valence-electron chi connectivity index (χ4n) is 1.25. The fraction of sp³-hybridized carbons (Fsp3) is 0.500. The monoisotopic (exact) mass is 237 g/mol. The number of nitrogens with one attached hydrogen (secondary N) is 2. The van der Waals surface area contributed by atoms with Gasteiger partial charge in [-0.1, -0.05) is 13.8 Å². The molecule has 0 bridgehead atoms. The Balaban J connectivity index is 0.000000686. The number of ether oxygens (including phenoxy) is 1. The predicted octanol–water partition coefficient (Wildman–Crippen LogP) is 0.818. The second kappa shape index (κ2) is 6.85. The third-order valence-electron chi connectivity index (χ3n) is 2.24. The van der Waals surface area contributed by atoms with Crippen LogP contribution in [0.4, 0.5) is 0 Å². The van der Waals surface area contributed by atoms with Crippen molar-refractivity contribution >= 4 is 5.91 Å². The van der Waals surface area contributed by atoms with Crippen molar-refractivity contribution in [2.75, 3.05) is 20.1 Å². The number of hydrogen-bond donors (Lipinski definition) is 2. The van der Waals surface area contributed by atoms with E-state index >= 15 is 0 Å². The van der Waals surface area contributed by atoms with Crippen LogP contribution in [0.15, 0.2) is 18.3 Å². The van der Waals surface area contributed by atoms with Crippen LogP contribution in [0.25, 0.3) is 0 Å². The van der Waals surface area contributed by atoms with E-state index in [2.05, 4.69) is 15.6 Å². The molecule has 1 fully saturated rings. The van der Waals surface area contributed by atoms with Gasteiger partial charge in [-0.05, 0) is 12.1 Å². The van der Waals surface area contributed by atoms with Gasteiger partial charge in [0.1, 0.15) is 17.5 Å². The van der Waals surface area contributed by atoms with Crippen molar-refractivity contribution in [3.8, 4) is 5.75 Å². The lowest BCUT2D eigenvalue weighted by Gasteiger charge is -2.27. The molecule has 2 rings (SSSR count). The summed E-state index contributed by atoms with van der Waals surface area (Å²) >= 11 is 0. The molecule has 0 radical (unpaired) electrons. The van der Waals surface area contributed by atoms with Gasteiger partial charge in [-0.25, -0.2) is 4.98 Å². The maximum absolute atomic E-state index is 11.2. The van der Waals surface area contributed by atoms with Gasteiger partial charge in [-0.2, -0.15) is 0 Å². The Morgan fingerprint density at radius 2 is 2.18 bits per heavy atom. The van der Waals surface area contributed by atoms with E-state index in [1.54, 1.807) is 25.4 Å². The van der Waals surface area contributed by atoms with Gasteiger partial charge in [0.15, 0.2) is 0 Å². The first kappa shape index (κ1) is 13.4. The predicted molar refractivity (Wildman–Crippen MR) is 66.3 cm³/mol. The SMILES string of the molecule is CC.CNC(=O)c1ccc(OC2CNC2)cn1. The van der Waals surface area contributed by atoms with Crippen LogP contribution < -0.4 is 15.4 Å². The molecule has 1 aromatic heterocycles. The second-order valence-corrected chi connectivity index (χ2v) is 3.36. The molecule has 5 nitrogen and oxygen atoms in total. The number of pyridine rings is 1. The number of nitrogens with zero attached hydrogens (tertiary/aromatic N) is 1. The fourth-order valence-corrected chi connectivity index (χ4v) is 1.25. The number of aromatic nitrogens is 1. The molecule has 1 saturated heterocycles. The van der Waals surface area contributed by atoms with Gasteiger partial charge in [-0.15, -0.1) is 0 Å². The largest absolute Gasteiger partial charge is 0.486 e. The summed E-state index contributed by atoms with van der Waals surface area (Å²) in [7, 11) is 1.58. The van der Waals surface area contributed by atoms with E-state index in [0.29, 0.717) is 11.4 Å². The maximum atomic E-state index is 11.2. The molecule has 0 saturated carbocycles. The smallest absolute Gasteiger partial charge is 0.269 e. The molecule has 1 aromatic rings. The molecule has 1 aliphatic heterocycles. The molecule has 1 amide bonds. The quantitative estimate of drug-likeness (QED) is 0.817. The van der Waals surface area contributed by atoms with Crippen molar-refractivity contribution in [3.63, 3.8) is 0 Å². The molecule has 0 atom stereocenters. The first-order valence-corrected chi connectivity index (χ1v) is 5.85. The zero-order valence-corrected chi connectivity index (χ0v) is 10.5. The lowest BCUT2D eigenvalue weighted by Crippen LogP contribution is -2.50. The molecular weight excluding hydrogens is 218 g/mol. The molecule has 17 heavy (non-hydrogen) atoms. The lowest BCUT2D eigenvalue weighted by molar-refractivity contribution is 0.0958. The second-order valence-electron chi connectivity index (χ2n) is 3.36. The molecule has 0 unspecified atom stereocenters. The lowest BCUT2D eigenvalue weighted by atomic mass is 10.2. The topological polar surface area (TPSA) is 63.2 Å². The van der Waals surface area contributed by atoms with Crippen molar-refractivity contribution in [2.45, 2.75) is 20.0 Å². The third kappa shape index (κ3) is 3.71. The minimum absolute atomic E-state index is 0.188. The molecule has 2 N–H and O–H groups in total. The van der Waals surface area contributed by atoms with Crippen molar-refractivity contribution in [1.29, 1.82) is 0 Å². The molecule has 0 spiro atoms. The number of rotatable bonds is 3. The van der Waals surface area contributed by atoms with E-state index in [9.17, 15) is 4.79 Å². The maximum Gasteiger partial charge on any atom is 0.269 e. The van der Waals surface area contributed by atoms with E-state index in [1.165, 1.54) is 0 Å². The number of carbonyl (C=O) groups is 1. The van der Waals surface area contributed by atoms with Crippen LogP contribution >= 0.6 is 0 Å². The van der Waals surface area contributed by atoms with Crippen LogP contribution in [-0.4, -0.2) is 37.1 Å². The Morgan fingerprint density at radius 1 is 1.47 bits per heavy atom.